The first kappa shape index (κ1) is 13.9. The van der Waals surface area contributed by atoms with Gasteiger partial charge in [-0.3, -0.25) is 11.3 Å². The summed E-state index contributed by atoms with van der Waals surface area (Å²) >= 11 is 9.42. The number of rotatable bonds is 6. The molecule has 0 fully saturated rings. The smallest absolute Gasteiger partial charge is 0.0705 e. The third-order valence-corrected chi connectivity index (χ3v) is 3.12. The van der Waals surface area contributed by atoms with E-state index in [2.05, 4.69) is 28.3 Å². The van der Waals surface area contributed by atoms with Gasteiger partial charge in [0, 0.05) is 16.1 Å². The lowest BCUT2D eigenvalue weighted by molar-refractivity contribution is 0.112. The molecular formula is C11H16BrClN2O. The van der Waals surface area contributed by atoms with Crippen molar-refractivity contribution in [3.63, 3.8) is 0 Å². The fourth-order valence-electron chi connectivity index (χ4n) is 1.35. The van der Waals surface area contributed by atoms with Gasteiger partial charge in [0.2, 0.25) is 0 Å². The second-order valence-electron chi connectivity index (χ2n) is 3.46. The zero-order valence-corrected chi connectivity index (χ0v) is 11.5. The van der Waals surface area contributed by atoms with E-state index in [0.29, 0.717) is 11.6 Å². The molecule has 1 atom stereocenters. The first-order valence-corrected chi connectivity index (χ1v) is 6.35. The lowest BCUT2D eigenvalue weighted by Crippen LogP contribution is -2.31. The zero-order chi connectivity index (χ0) is 12.0. The van der Waals surface area contributed by atoms with Crippen molar-refractivity contribution >= 4 is 27.5 Å². The van der Waals surface area contributed by atoms with Crippen LogP contribution in [0.3, 0.4) is 0 Å². The van der Waals surface area contributed by atoms with Crippen molar-refractivity contribution in [1.82, 2.24) is 5.43 Å². The number of benzene rings is 1. The molecule has 3 N–H and O–H groups in total. The molecule has 0 aliphatic carbocycles. The largest absolute Gasteiger partial charge is 0.379 e. The second kappa shape index (κ2) is 7.25. The summed E-state index contributed by atoms with van der Waals surface area (Å²) in [5.41, 5.74) is 3.74. The highest BCUT2D eigenvalue weighted by molar-refractivity contribution is 9.10. The Morgan fingerprint density at radius 1 is 1.56 bits per heavy atom. The summed E-state index contributed by atoms with van der Waals surface area (Å²) in [6.45, 7) is 3.33. The average molecular weight is 308 g/mol. The highest BCUT2D eigenvalue weighted by atomic mass is 79.9. The SMILES string of the molecule is CCCOCC(NN)c1cc(Cl)ccc1Br. The number of hydrogen-bond donors (Lipinski definition) is 2. The molecule has 1 aromatic carbocycles. The van der Waals surface area contributed by atoms with Crippen LogP contribution in [0.15, 0.2) is 22.7 Å². The standard InChI is InChI=1S/C11H16BrClN2O/c1-2-5-16-7-11(15-14)9-6-8(13)3-4-10(9)12/h3-4,6,11,15H,2,5,7,14H2,1H3. The molecule has 5 heteroatoms. The summed E-state index contributed by atoms with van der Waals surface area (Å²) in [6, 6.07) is 5.56. The van der Waals surface area contributed by atoms with Gasteiger partial charge in [-0.15, -0.1) is 0 Å². The van der Waals surface area contributed by atoms with E-state index >= 15 is 0 Å². The average Bonchev–Trinajstić information content (AvgIpc) is 2.28. The van der Waals surface area contributed by atoms with Crippen LogP contribution in [0, 0.1) is 0 Å². The summed E-state index contributed by atoms with van der Waals surface area (Å²) in [5, 5.41) is 0.689. The van der Waals surface area contributed by atoms with Crippen LogP contribution in [0.2, 0.25) is 5.02 Å². The molecule has 0 aliphatic heterocycles. The van der Waals surface area contributed by atoms with E-state index in [9.17, 15) is 0 Å². The summed E-state index contributed by atoms with van der Waals surface area (Å²) in [5.74, 6) is 5.51. The molecule has 0 spiro atoms. The molecule has 0 radical (unpaired) electrons. The predicted molar refractivity (Wildman–Crippen MR) is 70.3 cm³/mol. The lowest BCUT2D eigenvalue weighted by Gasteiger charge is -2.18. The highest BCUT2D eigenvalue weighted by Gasteiger charge is 2.13. The van der Waals surface area contributed by atoms with Gasteiger partial charge >= 0.3 is 0 Å². The molecule has 0 bridgehead atoms. The summed E-state index contributed by atoms with van der Waals surface area (Å²) < 4.78 is 6.45. The first-order chi connectivity index (χ1) is 7.69. The van der Waals surface area contributed by atoms with Crippen LogP contribution in [-0.2, 0) is 4.74 Å². The highest BCUT2D eigenvalue weighted by Crippen LogP contribution is 2.26. The van der Waals surface area contributed by atoms with Crippen molar-refractivity contribution in [2.75, 3.05) is 13.2 Å². The van der Waals surface area contributed by atoms with E-state index in [1.165, 1.54) is 0 Å². The molecule has 0 heterocycles. The number of ether oxygens (including phenoxy) is 1. The molecule has 0 aliphatic rings. The van der Waals surface area contributed by atoms with E-state index in [4.69, 9.17) is 22.2 Å². The van der Waals surface area contributed by atoms with Gasteiger partial charge in [-0.25, -0.2) is 0 Å². The van der Waals surface area contributed by atoms with Gasteiger partial charge in [0.05, 0.1) is 12.6 Å². The monoisotopic (exact) mass is 306 g/mol. The minimum atomic E-state index is -0.0559. The fourth-order valence-corrected chi connectivity index (χ4v) is 2.06. The Morgan fingerprint density at radius 2 is 2.31 bits per heavy atom. The molecule has 90 valence electrons. The maximum Gasteiger partial charge on any atom is 0.0705 e. The molecule has 1 rings (SSSR count). The first-order valence-electron chi connectivity index (χ1n) is 5.17. The Bertz CT molecular complexity index is 336. The number of hydrogen-bond acceptors (Lipinski definition) is 3. The molecule has 1 aromatic rings. The number of hydrazine groups is 1. The summed E-state index contributed by atoms with van der Waals surface area (Å²) in [7, 11) is 0. The Balaban J connectivity index is 2.73. The molecular weight excluding hydrogens is 291 g/mol. The maximum atomic E-state index is 5.95. The summed E-state index contributed by atoms with van der Waals surface area (Å²) in [4.78, 5) is 0. The molecule has 3 nitrogen and oxygen atoms in total. The third kappa shape index (κ3) is 4.03. The van der Waals surface area contributed by atoms with Crippen molar-refractivity contribution in [3.05, 3.63) is 33.3 Å². The van der Waals surface area contributed by atoms with E-state index < -0.39 is 0 Å². The second-order valence-corrected chi connectivity index (χ2v) is 4.75. The van der Waals surface area contributed by atoms with E-state index in [1.807, 2.05) is 18.2 Å². The number of nitrogens with two attached hydrogens (primary N) is 1. The molecule has 0 saturated heterocycles. The molecule has 16 heavy (non-hydrogen) atoms. The van der Waals surface area contributed by atoms with Gasteiger partial charge in [0.15, 0.2) is 0 Å². The van der Waals surface area contributed by atoms with Crippen molar-refractivity contribution in [2.45, 2.75) is 19.4 Å². The number of halogens is 2. The normalized spacial score (nSPS) is 12.8. The molecule has 0 amide bonds. The maximum absolute atomic E-state index is 5.95. The van der Waals surface area contributed by atoms with Crippen LogP contribution in [0.4, 0.5) is 0 Å². The Morgan fingerprint density at radius 3 is 2.94 bits per heavy atom. The van der Waals surface area contributed by atoms with Crippen molar-refractivity contribution in [1.29, 1.82) is 0 Å². The van der Waals surface area contributed by atoms with Crippen LogP contribution in [0.25, 0.3) is 0 Å². The van der Waals surface area contributed by atoms with Gasteiger partial charge in [0.25, 0.3) is 0 Å². The predicted octanol–water partition coefficient (Wildman–Crippen LogP) is 3.03. The Labute approximate surface area is 109 Å². The van der Waals surface area contributed by atoms with E-state index in [-0.39, 0.29) is 6.04 Å². The van der Waals surface area contributed by atoms with E-state index in [0.717, 1.165) is 23.1 Å². The van der Waals surface area contributed by atoms with Gasteiger partial charge in [-0.05, 0) is 30.2 Å². The Kier molecular flexibility index (Phi) is 6.31. The van der Waals surface area contributed by atoms with Gasteiger partial charge in [-0.2, -0.15) is 0 Å². The van der Waals surface area contributed by atoms with Crippen LogP contribution >= 0.6 is 27.5 Å². The van der Waals surface area contributed by atoms with Gasteiger partial charge in [0.1, 0.15) is 0 Å². The molecule has 0 aromatic heterocycles. The fraction of sp³-hybridized carbons (Fsp3) is 0.455. The van der Waals surface area contributed by atoms with Crippen LogP contribution in [0.1, 0.15) is 24.9 Å². The molecule has 0 saturated carbocycles. The third-order valence-electron chi connectivity index (χ3n) is 2.17. The van der Waals surface area contributed by atoms with Crippen LogP contribution in [-0.4, -0.2) is 13.2 Å². The topological polar surface area (TPSA) is 47.3 Å². The zero-order valence-electron chi connectivity index (χ0n) is 9.17. The van der Waals surface area contributed by atoms with Crippen LogP contribution in [0.5, 0.6) is 0 Å². The van der Waals surface area contributed by atoms with Crippen LogP contribution < -0.4 is 11.3 Å². The Hall–Kier alpha value is -0.130. The van der Waals surface area contributed by atoms with Crippen molar-refractivity contribution in [2.24, 2.45) is 5.84 Å². The minimum absolute atomic E-state index is 0.0559. The summed E-state index contributed by atoms with van der Waals surface area (Å²) in [6.07, 6.45) is 0.994. The van der Waals surface area contributed by atoms with Crippen molar-refractivity contribution in [3.8, 4) is 0 Å². The minimum Gasteiger partial charge on any atom is -0.379 e. The van der Waals surface area contributed by atoms with Crippen molar-refractivity contribution < 1.29 is 4.74 Å². The lowest BCUT2D eigenvalue weighted by atomic mass is 10.1. The van der Waals surface area contributed by atoms with Gasteiger partial charge < -0.3 is 4.74 Å². The molecule has 1 unspecified atom stereocenters. The quantitative estimate of drug-likeness (QED) is 0.482. The van der Waals surface area contributed by atoms with E-state index in [1.54, 1.807) is 0 Å². The van der Waals surface area contributed by atoms with Gasteiger partial charge in [-0.1, -0.05) is 34.5 Å². The number of nitrogens with one attached hydrogen (secondary N) is 1.